The van der Waals surface area contributed by atoms with Gasteiger partial charge in [-0.3, -0.25) is 24.8 Å². The van der Waals surface area contributed by atoms with Crippen LogP contribution >= 0.6 is 0 Å². The predicted octanol–water partition coefficient (Wildman–Crippen LogP) is 4.81. The van der Waals surface area contributed by atoms with Crippen LogP contribution in [-0.2, 0) is 4.79 Å². The highest BCUT2D eigenvalue weighted by molar-refractivity contribution is 5.97. The molecule has 0 radical (unpaired) electrons. The van der Waals surface area contributed by atoms with E-state index in [0.717, 1.165) is 38.6 Å². The van der Waals surface area contributed by atoms with Crippen LogP contribution in [0.2, 0.25) is 0 Å². The molecule has 0 spiro atoms. The maximum absolute atomic E-state index is 12.1. The number of carbonyl (C=O) groups is 1. The molecule has 0 bridgehead atoms. The quantitative estimate of drug-likeness (QED) is 0.333. The van der Waals surface area contributed by atoms with E-state index in [9.17, 15) is 4.79 Å². The van der Waals surface area contributed by atoms with Gasteiger partial charge in [0.25, 0.3) is 0 Å². The summed E-state index contributed by atoms with van der Waals surface area (Å²) in [5, 5.41) is 11.2. The number of aromatic amines is 2. The number of fused-ring (bicyclic) bond motifs is 2. The van der Waals surface area contributed by atoms with E-state index in [2.05, 4.69) is 35.5 Å². The summed E-state index contributed by atoms with van der Waals surface area (Å²) in [4.78, 5) is 33.4. The fourth-order valence-electron chi connectivity index (χ4n) is 3.86. The fourth-order valence-corrected chi connectivity index (χ4v) is 3.86. The van der Waals surface area contributed by atoms with Crippen molar-refractivity contribution in [3.8, 4) is 33.9 Å². The van der Waals surface area contributed by atoms with Crippen LogP contribution in [0, 0.1) is 5.92 Å². The number of amides is 1. The zero-order valence-corrected chi connectivity index (χ0v) is 18.9. The lowest BCUT2D eigenvalue weighted by Crippen LogP contribution is -2.17. The minimum atomic E-state index is -0.130. The number of aromatic nitrogens is 7. The summed E-state index contributed by atoms with van der Waals surface area (Å²) >= 11 is 0. The van der Waals surface area contributed by atoms with Crippen LogP contribution in [-0.4, -0.2) is 41.0 Å². The number of hydrogen-bond donors (Lipinski definition) is 3. The third kappa shape index (κ3) is 3.70. The summed E-state index contributed by atoms with van der Waals surface area (Å²) in [5.74, 6) is 0.408. The van der Waals surface area contributed by atoms with Crippen molar-refractivity contribution in [3.63, 3.8) is 0 Å². The minimum Gasteiger partial charge on any atom is -0.472 e. The summed E-state index contributed by atoms with van der Waals surface area (Å²) in [6.45, 7) is 3.68. The molecule has 35 heavy (non-hydrogen) atoms. The molecule has 0 aliphatic heterocycles. The Morgan fingerprint density at radius 1 is 1.03 bits per heavy atom. The normalized spacial score (nSPS) is 11.5. The van der Waals surface area contributed by atoms with Crippen molar-refractivity contribution in [2.45, 2.75) is 13.8 Å². The standard InChI is InChI=1S/C25H20N8O2/c1-13(2)25(34)29-16-5-15(7-26-8-16)19-6-17-20(11-28-19)32-33-23(17)24-30-21-10-27-9-18(22(21)31-24)14-3-4-35-12-14/h3-13H,1-2H3,(H,29,34)(H,30,31)(H,32,33). The van der Waals surface area contributed by atoms with Crippen LogP contribution in [0.1, 0.15) is 13.8 Å². The lowest BCUT2D eigenvalue weighted by Gasteiger charge is -2.08. The van der Waals surface area contributed by atoms with Crippen LogP contribution in [0.3, 0.4) is 0 Å². The lowest BCUT2D eigenvalue weighted by molar-refractivity contribution is -0.118. The van der Waals surface area contributed by atoms with Crippen molar-refractivity contribution in [1.29, 1.82) is 0 Å². The van der Waals surface area contributed by atoms with Gasteiger partial charge in [0.05, 0.1) is 53.5 Å². The van der Waals surface area contributed by atoms with Gasteiger partial charge in [0, 0.05) is 40.4 Å². The molecule has 0 fully saturated rings. The summed E-state index contributed by atoms with van der Waals surface area (Å²) in [5.41, 5.74) is 6.86. The molecule has 0 saturated heterocycles. The predicted molar refractivity (Wildman–Crippen MR) is 131 cm³/mol. The molecule has 6 rings (SSSR count). The Hall–Kier alpha value is -4.86. The second-order valence-electron chi connectivity index (χ2n) is 8.47. The van der Waals surface area contributed by atoms with Crippen LogP contribution in [0.25, 0.3) is 55.8 Å². The smallest absolute Gasteiger partial charge is 0.226 e. The van der Waals surface area contributed by atoms with Gasteiger partial charge < -0.3 is 14.7 Å². The van der Waals surface area contributed by atoms with Gasteiger partial charge in [0.1, 0.15) is 11.2 Å². The largest absolute Gasteiger partial charge is 0.472 e. The first-order valence-electron chi connectivity index (χ1n) is 11.0. The second-order valence-corrected chi connectivity index (χ2v) is 8.47. The molecule has 0 aliphatic rings. The number of nitrogens with one attached hydrogen (secondary N) is 3. The second kappa shape index (κ2) is 8.17. The van der Waals surface area contributed by atoms with Crippen LogP contribution < -0.4 is 5.32 Å². The number of H-pyrrole nitrogens is 2. The highest BCUT2D eigenvalue weighted by Gasteiger charge is 2.17. The number of hydrogen-bond acceptors (Lipinski definition) is 7. The Morgan fingerprint density at radius 2 is 1.91 bits per heavy atom. The molecule has 0 aromatic carbocycles. The van der Waals surface area contributed by atoms with Crippen LogP contribution in [0.5, 0.6) is 0 Å². The lowest BCUT2D eigenvalue weighted by atomic mass is 10.1. The highest BCUT2D eigenvalue weighted by atomic mass is 16.3. The third-order valence-electron chi connectivity index (χ3n) is 5.72. The first-order chi connectivity index (χ1) is 17.1. The number of anilines is 1. The van der Waals surface area contributed by atoms with E-state index in [0.29, 0.717) is 22.9 Å². The van der Waals surface area contributed by atoms with E-state index in [-0.39, 0.29) is 11.8 Å². The fraction of sp³-hybridized carbons (Fsp3) is 0.120. The van der Waals surface area contributed by atoms with E-state index >= 15 is 0 Å². The summed E-state index contributed by atoms with van der Waals surface area (Å²) in [6, 6.07) is 5.66. The van der Waals surface area contributed by atoms with Crippen LogP contribution in [0.15, 0.2) is 66.1 Å². The first-order valence-corrected chi connectivity index (χ1v) is 11.0. The van der Waals surface area contributed by atoms with Crippen molar-refractivity contribution in [3.05, 3.63) is 61.7 Å². The zero-order chi connectivity index (χ0) is 23.9. The molecule has 0 aliphatic carbocycles. The van der Waals surface area contributed by atoms with Gasteiger partial charge in [0.15, 0.2) is 5.82 Å². The first kappa shape index (κ1) is 20.7. The average Bonchev–Trinajstić information content (AvgIpc) is 3.62. The number of nitrogens with zero attached hydrogens (tertiary/aromatic N) is 5. The minimum absolute atomic E-state index is 0.0707. The molecular formula is C25H20N8O2. The molecule has 0 unspecified atom stereocenters. The topological polar surface area (TPSA) is 138 Å². The van der Waals surface area contributed by atoms with Crippen molar-refractivity contribution in [2.24, 2.45) is 5.92 Å². The zero-order valence-electron chi connectivity index (χ0n) is 18.9. The molecule has 6 aromatic rings. The molecule has 1 amide bonds. The third-order valence-corrected chi connectivity index (χ3v) is 5.72. The van der Waals surface area contributed by atoms with Gasteiger partial charge in [-0.25, -0.2) is 4.98 Å². The van der Waals surface area contributed by atoms with Crippen molar-refractivity contribution in [2.75, 3.05) is 5.32 Å². The summed E-state index contributed by atoms with van der Waals surface area (Å²) in [7, 11) is 0. The Labute approximate surface area is 198 Å². The van der Waals surface area contributed by atoms with Gasteiger partial charge in [-0.05, 0) is 18.2 Å². The number of carbonyl (C=O) groups excluding carboxylic acids is 1. The van der Waals surface area contributed by atoms with Crippen LogP contribution in [0.4, 0.5) is 5.69 Å². The van der Waals surface area contributed by atoms with Gasteiger partial charge in [-0.15, -0.1) is 0 Å². The van der Waals surface area contributed by atoms with E-state index in [1.165, 1.54) is 0 Å². The molecule has 10 nitrogen and oxygen atoms in total. The van der Waals surface area contributed by atoms with Crippen molar-refractivity contribution in [1.82, 2.24) is 35.1 Å². The molecular weight excluding hydrogens is 444 g/mol. The maximum atomic E-state index is 12.1. The molecule has 172 valence electrons. The van der Waals surface area contributed by atoms with Gasteiger partial charge in [-0.1, -0.05) is 13.8 Å². The molecule has 3 N–H and O–H groups in total. The average molecular weight is 464 g/mol. The SMILES string of the molecule is CC(C)C(=O)Nc1cncc(-c2cc3c(-c4nc5c(-c6ccoc6)cncc5[nH]4)n[nH]c3cn2)c1. The Balaban J connectivity index is 1.41. The number of pyridine rings is 3. The Kier molecular flexibility index (Phi) is 4.84. The summed E-state index contributed by atoms with van der Waals surface area (Å²) in [6.07, 6.45) is 11.8. The number of rotatable bonds is 5. The van der Waals surface area contributed by atoms with E-state index in [1.54, 1.807) is 43.5 Å². The highest BCUT2D eigenvalue weighted by Crippen LogP contribution is 2.32. The van der Waals surface area contributed by atoms with E-state index in [4.69, 9.17) is 9.40 Å². The molecule has 0 saturated carbocycles. The maximum Gasteiger partial charge on any atom is 0.226 e. The van der Waals surface area contributed by atoms with Gasteiger partial charge >= 0.3 is 0 Å². The van der Waals surface area contributed by atoms with Gasteiger partial charge in [0.2, 0.25) is 5.91 Å². The Morgan fingerprint density at radius 3 is 2.74 bits per heavy atom. The monoisotopic (exact) mass is 464 g/mol. The molecule has 0 atom stereocenters. The number of furan rings is 1. The Bertz CT molecular complexity index is 1680. The van der Waals surface area contributed by atoms with Crippen molar-refractivity contribution < 1.29 is 9.21 Å². The molecule has 10 heteroatoms. The summed E-state index contributed by atoms with van der Waals surface area (Å²) < 4.78 is 5.23. The van der Waals surface area contributed by atoms with Gasteiger partial charge in [-0.2, -0.15) is 5.10 Å². The van der Waals surface area contributed by atoms with E-state index < -0.39 is 0 Å². The van der Waals surface area contributed by atoms with Crippen molar-refractivity contribution >= 4 is 33.5 Å². The molecule has 6 aromatic heterocycles. The molecule has 6 heterocycles. The van der Waals surface area contributed by atoms with E-state index in [1.807, 2.05) is 32.0 Å². The number of imidazole rings is 1.